The van der Waals surface area contributed by atoms with Crippen molar-refractivity contribution in [1.82, 2.24) is 0 Å². The molecule has 1 atom stereocenters. The minimum atomic E-state index is -0.515. The van der Waals surface area contributed by atoms with Gasteiger partial charge in [-0.15, -0.1) is 0 Å². The highest BCUT2D eigenvalue weighted by molar-refractivity contribution is 6.01. The van der Waals surface area contributed by atoms with Gasteiger partial charge in [0.15, 0.2) is 5.78 Å². The van der Waals surface area contributed by atoms with Crippen LogP contribution in [-0.4, -0.2) is 12.9 Å². The predicted octanol–water partition coefficient (Wildman–Crippen LogP) is 3.75. The lowest BCUT2D eigenvalue weighted by Gasteiger charge is -2.12. The van der Waals surface area contributed by atoms with Gasteiger partial charge in [-0.05, 0) is 36.1 Å². The number of benzene rings is 2. The van der Waals surface area contributed by atoms with Gasteiger partial charge >= 0.3 is 0 Å². The molecule has 3 rings (SSSR count). The number of Topliss-reactive ketones (excluding diaryl/α,β-unsaturated/α-hetero) is 1. The fourth-order valence-corrected chi connectivity index (χ4v) is 2.84. The number of hydrogen-bond donors (Lipinski definition) is 0. The summed E-state index contributed by atoms with van der Waals surface area (Å²) < 4.78 is 19.0. The van der Waals surface area contributed by atoms with Crippen LogP contribution in [0.3, 0.4) is 0 Å². The third-order valence-corrected chi connectivity index (χ3v) is 3.89. The van der Waals surface area contributed by atoms with Crippen LogP contribution >= 0.6 is 0 Å². The molecule has 0 radical (unpaired) electrons. The largest absolute Gasteiger partial charge is 0.497 e. The number of carbonyl (C=O) groups excluding carboxylic acids is 1. The Balaban J connectivity index is 1.95. The quantitative estimate of drug-likeness (QED) is 0.794. The zero-order valence-corrected chi connectivity index (χ0v) is 11.2. The fourth-order valence-electron chi connectivity index (χ4n) is 2.84. The highest BCUT2D eigenvalue weighted by Gasteiger charge is 2.30. The minimum absolute atomic E-state index is 0.143. The number of ketones is 1. The summed E-state index contributed by atoms with van der Waals surface area (Å²) in [7, 11) is 1.48. The van der Waals surface area contributed by atoms with E-state index in [-0.39, 0.29) is 17.3 Å². The molecule has 0 fully saturated rings. The van der Waals surface area contributed by atoms with Gasteiger partial charge in [0.1, 0.15) is 11.6 Å². The van der Waals surface area contributed by atoms with Gasteiger partial charge in [0.2, 0.25) is 0 Å². The SMILES string of the molecule is COc1ccc(C(=O)C2CCc3ccccc32)c(F)c1. The van der Waals surface area contributed by atoms with E-state index >= 15 is 0 Å². The van der Waals surface area contributed by atoms with E-state index in [4.69, 9.17) is 4.74 Å². The van der Waals surface area contributed by atoms with E-state index < -0.39 is 5.82 Å². The number of aryl methyl sites for hydroxylation is 1. The Labute approximate surface area is 117 Å². The average Bonchev–Trinajstić information content (AvgIpc) is 2.90. The molecular formula is C17H15FO2. The molecule has 3 heteroatoms. The summed E-state index contributed by atoms with van der Waals surface area (Å²) >= 11 is 0. The minimum Gasteiger partial charge on any atom is -0.497 e. The second kappa shape index (κ2) is 5.08. The summed E-state index contributed by atoms with van der Waals surface area (Å²) in [4.78, 5) is 12.5. The first kappa shape index (κ1) is 12.9. The Morgan fingerprint density at radius 2 is 2.05 bits per heavy atom. The Hall–Kier alpha value is -2.16. The lowest BCUT2D eigenvalue weighted by atomic mass is 9.92. The van der Waals surface area contributed by atoms with Crippen molar-refractivity contribution < 1.29 is 13.9 Å². The number of ether oxygens (including phenoxy) is 1. The molecule has 0 aliphatic heterocycles. The number of halogens is 1. The molecule has 2 aromatic carbocycles. The summed E-state index contributed by atoms with van der Waals surface area (Å²) in [6, 6.07) is 12.3. The van der Waals surface area contributed by atoms with Crippen LogP contribution in [-0.2, 0) is 6.42 Å². The molecule has 0 aromatic heterocycles. The number of carbonyl (C=O) groups is 1. The van der Waals surface area contributed by atoms with E-state index in [9.17, 15) is 9.18 Å². The van der Waals surface area contributed by atoms with Crippen LogP contribution in [0, 0.1) is 5.82 Å². The van der Waals surface area contributed by atoms with E-state index in [1.165, 1.54) is 24.8 Å². The molecule has 1 aliphatic rings. The topological polar surface area (TPSA) is 26.3 Å². The maximum atomic E-state index is 14.0. The third-order valence-electron chi connectivity index (χ3n) is 3.89. The first-order valence-electron chi connectivity index (χ1n) is 6.66. The van der Waals surface area contributed by atoms with Gasteiger partial charge in [-0.2, -0.15) is 0 Å². The summed E-state index contributed by atoms with van der Waals surface area (Å²) in [6.07, 6.45) is 1.63. The molecule has 0 saturated heterocycles. The molecule has 102 valence electrons. The van der Waals surface area contributed by atoms with Gasteiger partial charge in [0, 0.05) is 12.0 Å². The first-order chi connectivity index (χ1) is 9.70. The van der Waals surface area contributed by atoms with Crippen molar-refractivity contribution in [2.45, 2.75) is 18.8 Å². The smallest absolute Gasteiger partial charge is 0.173 e. The zero-order chi connectivity index (χ0) is 14.1. The van der Waals surface area contributed by atoms with Crippen LogP contribution in [0.15, 0.2) is 42.5 Å². The van der Waals surface area contributed by atoms with Crippen molar-refractivity contribution in [3.05, 3.63) is 65.0 Å². The summed E-state index contributed by atoms with van der Waals surface area (Å²) in [5, 5.41) is 0. The molecule has 20 heavy (non-hydrogen) atoms. The van der Waals surface area contributed by atoms with Gasteiger partial charge in [0.25, 0.3) is 0 Å². The van der Waals surface area contributed by atoms with Crippen molar-refractivity contribution in [2.75, 3.05) is 7.11 Å². The lowest BCUT2D eigenvalue weighted by Crippen LogP contribution is -2.12. The van der Waals surface area contributed by atoms with E-state index in [1.54, 1.807) is 6.07 Å². The van der Waals surface area contributed by atoms with Gasteiger partial charge in [-0.1, -0.05) is 24.3 Å². The Kier molecular flexibility index (Phi) is 3.26. The average molecular weight is 270 g/mol. The summed E-state index contributed by atoms with van der Waals surface area (Å²) in [5.74, 6) is -0.464. The molecule has 1 unspecified atom stereocenters. The van der Waals surface area contributed by atoms with Crippen molar-refractivity contribution in [1.29, 1.82) is 0 Å². The highest BCUT2D eigenvalue weighted by Crippen LogP contribution is 2.36. The first-order valence-corrected chi connectivity index (χ1v) is 6.66. The Morgan fingerprint density at radius 1 is 1.25 bits per heavy atom. The molecule has 0 heterocycles. The van der Waals surface area contributed by atoms with Gasteiger partial charge in [0.05, 0.1) is 12.7 Å². The molecule has 0 N–H and O–H groups in total. The van der Waals surface area contributed by atoms with Gasteiger partial charge in [-0.3, -0.25) is 4.79 Å². The standard InChI is InChI=1S/C17H15FO2/c1-20-12-7-9-15(16(18)10-12)17(19)14-8-6-11-4-2-3-5-13(11)14/h2-5,7,9-10,14H,6,8H2,1H3. The second-order valence-corrected chi connectivity index (χ2v) is 5.00. The van der Waals surface area contributed by atoms with Crippen molar-refractivity contribution in [3.63, 3.8) is 0 Å². The van der Waals surface area contributed by atoms with E-state index in [0.29, 0.717) is 5.75 Å². The highest BCUT2D eigenvalue weighted by atomic mass is 19.1. The summed E-state index contributed by atoms with van der Waals surface area (Å²) in [6.45, 7) is 0. The van der Waals surface area contributed by atoms with Crippen LogP contribution in [0.25, 0.3) is 0 Å². The van der Waals surface area contributed by atoms with E-state index in [0.717, 1.165) is 18.4 Å². The van der Waals surface area contributed by atoms with Crippen LogP contribution in [0.4, 0.5) is 4.39 Å². The van der Waals surface area contributed by atoms with Crippen LogP contribution < -0.4 is 4.74 Å². The second-order valence-electron chi connectivity index (χ2n) is 5.00. The lowest BCUT2D eigenvalue weighted by molar-refractivity contribution is 0.0955. The number of methoxy groups -OCH3 is 1. The maximum absolute atomic E-state index is 14.0. The monoisotopic (exact) mass is 270 g/mol. The van der Waals surface area contributed by atoms with Crippen molar-refractivity contribution in [2.24, 2.45) is 0 Å². The molecular weight excluding hydrogens is 255 g/mol. The molecule has 0 bridgehead atoms. The fraction of sp³-hybridized carbons (Fsp3) is 0.235. The van der Waals surface area contributed by atoms with Crippen LogP contribution in [0.2, 0.25) is 0 Å². The normalized spacial score (nSPS) is 16.8. The van der Waals surface area contributed by atoms with Gasteiger partial charge < -0.3 is 4.74 Å². The van der Waals surface area contributed by atoms with E-state index in [2.05, 4.69) is 0 Å². The third kappa shape index (κ3) is 2.09. The molecule has 0 saturated carbocycles. The molecule has 2 nitrogen and oxygen atoms in total. The van der Waals surface area contributed by atoms with E-state index in [1.807, 2.05) is 24.3 Å². The molecule has 2 aromatic rings. The Morgan fingerprint density at radius 3 is 2.80 bits per heavy atom. The molecule has 0 spiro atoms. The molecule has 0 amide bonds. The summed E-state index contributed by atoms with van der Waals surface area (Å²) in [5.41, 5.74) is 2.37. The predicted molar refractivity (Wildman–Crippen MR) is 74.8 cm³/mol. The molecule has 1 aliphatic carbocycles. The van der Waals surface area contributed by atoms with Crippen LogP contribution in [0.5, 0.6) is 5.75 Å². The maximum Gasteiger partial charge on any atom is 0.173 e. The number of rotatable bonds is 3. The number of fused-ring (bicyclic) bond motifs is 1. The Bertz CT molecular complexity index is 664. The van der Waals surface area contributed by atoms with Gasteiger partial charge in [-0.25, -0.2) is 4.39 Å². The zero-order valence-electron chi connectivity index (χ0n) is 11.2. The number of hydrogen-bond acceptors (Lipinski definition) is 2. The van der Waals surface area contributed by atoms with Crippen molar-refractivity contribution >= 4 is 5.78 Å². The van der Waals surface area contributed by atoms with Crippen LogP contribution in [0.1, 0.15) is 33.8 Å². The van der Waals surface area contributed by atoms with Crippen molar-refractivity contribution in [3.8, 4) is 5.75 Å².